The Morgan fingerprint density at radius 2 is 1.55 bits per heavy atom. The summed E-state index contributed by atoms with van der Waals surface area (Å²) in [5.74, 6) is 0.565. The van der Waals surface area contributed by atoms with Gasteiger partial charge in [-0.15, -0.1) is 20.4 Å². The molecule has 20 heavy (non-hydrogen) atoms. The van der Waals surface area contributed by atoms with Crippen LogP contribution in [0.25, 0.3) is 28.1 Å². The summed E-state index contributed by atoms with van der Waals surface area (Å²) < 4.78 is 0. The third kappa shape index (κ3) is 1.72. The van der Waals surface area contributed by atoms with Crippen molar-refractivity contribution >= 4 is 11.0 Å². The lowest BCUT2D eigenvalue weighted by Gasteiger charge is -1.99. The highest BCUT2D eigenvalue weighted by atomic mass is 15.5. The van der Waals surface area contributed by atoms with Crippen LogP contribution in [0.4, 0.5) is 0 Å². The number of rotatable bonds is 2. The molecule has 0 atom stereocenters. The van der Waals surface area contributed by atoms with Gasteiger partial charge in [-0.25, -0.2) is 0 Å². The van der Waals surface area contributed by atoms with Gasteiger partial charge < -0.3 is 0 Å². The Morgan fingerprint density at radius 1 is 0.850 bits per heavy atom. The second-order valence-electron chi connectivity index (χ2n) is 4.26. The molecule has 2 heterocycles. The Hall–Kier alpha value is -3.09. The summed E-state index contributed by atoms with van der Waals surface area (Å²) in [5, 5.41) is 22.7. The van der Waals surface area contributed by atoms with E-state index < -0.39 is 0 Å². The van der Waals surface area contributed by atoms with Crippen molar-refractivity contribution in [3.8, 4) is 17.1 Å². The van der Waals surface area contributed by atoms with Crippen molar-refractivity contribution in [2.75, 3.05) is 0 Å². The van der Waals surface area contributed by atoms with Gasteiger partial charge in [-0.1, -0.05) is 12.1 Å². The van der Waals surface area contributed by atoms with Gasteiger partial charge in [0.1, 0.15) is 11.0 Å². The van der Waals surface area contributed by atoms with Gasteiger partial charge in [0.2, 0.25) is 5.82 Å². The highest BCUT2D eigenvalue weighted by molar-refractivity contribution is 5.73. The number of hydrogen-bond acceptors (Lipinski definition) is 5. The first-order valence-electron chi connectivity index (χ1n) is 6.06. The van der Waals surface area contributed by atoms with Gasteiger partial charge in [0.15, 0.2) is 0 Å². The molecule has 4 rings (SSSR count). The second-order valence-corrected chi connectivity index (χ2v) is 4.26. The van der Waals surface area contributed by atoms with Crippen LogP contribution in [0.1, 0.15) is 0 Å². The number of aromatic amines is 1. The number of aromatic nitrogens is 7. The van der Waals surface area contributed by atoms with E-state index >= 15 is 0 Å². The Labute approximate surface area is 113 Å². The van der Waals surface area contributed by atoms with Gasteiger partial charge in [0.25, 0.3) is 0 Å². The van der Waals surface area contributed by atoms with Crippen LogP contribution in [0.2, 0.25) is 0 Å². The van der Waals surface area contributed by atoms with Crippen molar-refractivity contribution in [1.82, 2.24) is 35.6 Å². The van der Waals surface area contributed by atoms with Crippen LogP contribution in [0.3, 0.4) is 0 Å². The summed E-state index contributed by atoms with van der Waals surface area (Å²) in [7, 11) is 0. The van der Waals surface area contributed by atoms with Crippen LogP contribution >= 0.6 is 0 Å². The number of nitrogens with one attached hydrogen (secondary N) is 1. The minimum absolute atomic E-state index is 0.565. The predicted molar refractivity (Wildman–Crippen MR) is 72.0 cm³/mol. The molecule has 7 nitrogen and oxygen atoms in total. The van der Waals surface area contributed by atoms with E-state index in [4.69, 9.17) is 0 Å². The smallest absolute Gasteiger partial charge is 0.177 e. The third-order valence-corrected chi connectivity index (χ3v) is 2.99. The van der Waals surface area contributed by atoms with Crippen LogP contribution in [0, 0.1) is 0 Å². The molecule has 96 valence electrons. The minimum Gasteiger partial charge on any atom is -0.177 e. The van der Waals surface area contributed by atoms with E-state index in [9.17, 15) is 0 Å². The van der Waals surface area contributed by atoms with E-state index in [0.29, 0.717) is 5.82 Å². The fourth-order valence-corrected chi connectivity index (χ4v) is 2.00. The van der Waals surface area contributed by atoms with Crippen LogP contribution in [0.5, 0.6) is 0 Å². The highest BCUT2D eigenvalue weighted by Crippen LogP contribution is 2.17. The quantitative estimate of drug-likeness (QED) is 0.593. The van der Waals surface area contributed by atoms with Gasteiger partial charge in [0.05, 0.1) is 5.69 Å². The van der Waals surface area contributed by atoms with E-state index in [-0.39, 0.29) is 0 Å². The van der Waals surface area contributed by atoms with Gasteiger partial charge in [-0.3, -0.25) is 0 Å². The van der Waals surface area contributed by atoms with Gasteiger partial charge >= 0.3 is 0 Å². The number of nitrogens with zero attached hydrogens (tertiary/aromatic N) is 6. The topological polar surface area (TPSA) is 85.2 Å². The van der Waals surface area contributed by atoms with E-state index in [2.05, 4.69) is 30.8 Å². The lowest BCUT2D eigenvalue weighted by atomic mass is 10.2. The molecule has 0 bridgehead atoms. The molecule has 0 spiro atoms. The number of tetrazole rings is 1. The Morgan fingerprint density at radius 3 is 2.15 bits per heavy atom. The first-order chi connectivity index (χ1) is 9.90. The first-order valence-corrected chi connectivity index (χ1v) is 6.06. The lowest BCUT2D eigenvalue weighted by Crippen LogP contribution is -1.98. The minimum atomic E-state index is 0.565. The molecule has 0 fully saturated rings. The molecule has 0 saturated carbocycles. The van der Waals surface area contributed by atoms with Crippen LogP contribution in [-0.4, -0.2) is 35.6 Å². The van der Waals surface area contributed by atoms with Crippen LogP contribution in [-0.2, 0) is 0 Å². The fourth-order valence-electron chi connectivity index (χ4n) is 2.00. The normalized spacial score (nSPS) is 11.0. The monoisotopic (exact) mass is 263 g/mol. The molecular formula is C13H9N7. The summed E-state index contributed by atoms with van der Waals surface area (Å²) in [5.41, 5.74) is 3.51. The van der Waals surface area contributed by atoms with Gasteiger partial charge in [0, 0.05) is 5.56 Å². The van der Waals surface area contributed by atoms with Crippen LogP contribution in [0.15, 0.2) is 48.5 Å². The average molecular weight is 263 g/mol. The highest BCUT2D eigenvalue weighted by Gasteiger charge is 2.06. The maximum atomic E-state index is 4.43. The summed E-state index contributed by atoms with van der Waals surface area (Å²) in [6.07, 6.45) is 0. The Kier molecular flexibility index (Phi) is 2.28. The van der Waals surface area contributed by atoms with Crippen molar-refractivity contribution in [1.29, 1.82) is 0 Å². The molecule has 0 aliphatic rings. The number of benzene rings is 2. The lowest BCUT2D eigenvalue weighted by molar-refractivity contribution is 0.766. The maximum absolute atomic E-state index is 4.43. The maximum Gasteiger partial charge on any atom is 0.204 e. The van der Waals surface area contributed by atoms with E-state index in [0.717, 1.165) is 22.3 Å². The predicted octanol–water partition coefficient (Wildman–Crippen LogP) is 1.60. The fraction of sp³-hybridized carbons (Fsp3) is 0. The zero-order chi connectivity index (χ0) is 13.4. The largest absolute Gasteiger partial charge is 0.204 e. The Bertz CT molecular complexity index is 813. The molecule has 2 aromatic carbocycles. The molecule has 7 heteroatoms. The SMILES string of the molecule is c1ccc2nn(-c3ccc(-c4nn[nH]n4)cc3)nc2c1. The summed E-state index contributed by atoms with van der Waals surface area (Å²) >= 11 is 0. The number of H-pyrrole nitrogens is 1. The molecule has 0 unspecified atom stereocenters. The zero-order valence-corrected chi connectivity index (χ0v) is 10.3. The zero-order valence-electron chi connectivity index (χ0n) is 10.3. The molecule has 0 aliphatic heterocycles. The van der Waals surface area contributed by atoms with Crippen molar-refractivity contribution in [2.45, 2.75) is 0 Å². The van der Waals surface area contributed by atoms with E-state index in [1.165, 1.54) is 0 Å². The van der Waals surface area contributed by atoms with E-state index in [1.54, 1.807) is 4.80 Å². The molecule has 0 amide bonds. The molecule has 4 aromatic rings. The van der Waals surface area contributed by atoms with Gasteiger partial charge in [-0.05, 0) is 41.6 Å². The van der Waals surface area contributed by atoms with E-state index in [1.807, 2.05) is 48.5 Å². The van der Waals surface area contributed by atoms with Crippen molar-refractivity contribution in [3.05, 3.63) is 48.5 Å². The van der Waals surface area contributed by atoms with Crippen molar-refractivity contribution < 1.29 is 0 Å². The number of fused-ring (bicyclic) bond motifs is 1. The molecule has 1 N–H and O–H groups in total. The standard InChI is InChI=1S/C13H9N7/c1-2-4-12-11(3-1)16-20(17-12)10-7-5-9(6-8-10)13-14-18-19-15-13/h1-8H,(H,14,15,18,19). The third-order valence-electron chi connectivity index (χ3n) is 2.99. The average Bonchev–Trinajstić information content (AvgIpc) is 3.17. The van der Waals surface area contributed by atoms with Crippen LogP contribution < -0.4 is 0 Å². The molecular weight excluding hydrogens is 254 g/mol. The summed E-state index contributed by atoms with van der Waals surface area (Å²) in [6, 6.07) is 15.4. The summed E-state index contributed by atoms with van der Waals surface area (Å²) in [4.78, 5) is 1.62. The first kappa shape index (κ1) is 10.8. The molecule has 0 radical (unpaired) electrons. The number of hydrogen-bond donors (Lipinski definition) is 1. The van der Waals surface area contributed by atoms with Gasteiger partial charge in [-0.2, -0.15) is 10.0 Å². The van der Waals surface area contributed by atoms with Crippen molar-refractivity contribution in [2.24, 2.45) is 0 Å². The molecule has 2 aromatic heterocycles. The molecule has 0 saturated heterocycles. The second kappa shape index (κ2) is 4.23. The summed E-state index contributed by atoms with van der Waals surface area (Å²) in [6.45, 7) is 0. The molecule has 0 aliphatic carbocycles. The Balaban J connectivity index is 1.75. The van der Waals surface area contributed by atoms with Crippen molar-refractivity contribution in [3.63, 3.8) is 0 Å².